The van der Waals surface area contributed by atoms with Crippen LogP contribution in [-0.4, -0.2) is 222 Å². The van der Waals surface area contributed by atoms with E-state index < -0.39 is 18.4 Å². The van der Waals surface area contributed by atoms with Gasteiger partial charge in [-0.2, -0.15) is 0 Å². The molecule has 0 saturated heterocycles. The van der Waals surface area contributed by atoms with Gasteiger partial charge in [0.15, 0.2) is 24.0 Å². The fraction of sp³-hybridized carbons (Fsp3) is 0.678. The zero-order valence-electron chi connectivity index (χ0n) is 76.9. The van der Waals surface area contributed by atoms with Gasteiger partial charge in [-0.15, -0.1) is 0 Å². The first kappa shape index (κ1) is 115. The molecule has 0 saturated carbocycles. The molecule has 2 aromatic rings. The molecule has 0 bridgehead atoms. The fourth-order valence-corrected chi connectivity index (χ4v) is 9.20. The van der Waals surface area contributed by atoms with Crippen molar-refractivity contribution in [2.75, 3.05) is 152 Å². The van der Waals surface area contributed by atoms with Crippen LogP contribution in [0.3, 0.4) is 0 Å². The first-order chi connectivity index (χ1) is 57.9. The number of Topliss-reactive ketones (excluding diaryl/α,β-unsaturated/α-hetero) is 2. The predicted octanol–water partition coefficient (Wildman–Crippen LogP) is 12.0. The summed E-state index contributed by atoms with van der Waals surface area (Å²) in [5.41, 5.74) is 23.3. The van der Waals surface area contributed by atoms with Crippen molar-refractivity contribution in [3.8, 4) is 47.0 Å². The molecule has 0 aliphatic heterocycles. The number of benzene rings is 2. The Balaban J connectivity index is 0. The molecule has 33 heteroatoms. The normalized spacial score (nSPS) is 11.7. The Bertz CT molecular complexity index is 3710. The summed E-state index contributed by atoms with van der Waals surface area (Å²) in [5.74, 6) is 17.2. The second-order valence-electron chi connectivity index (χ2n) is 34.2. The second-order valence-corrected chi connectivity index (χ2v) is 34.2. The number of carbonyl (C=O) groups is 9. The van der Waals surface area contributed by atoms with E-state index in [-0.39, 0.29) is 173 Å². The minimum atomic E-state index is -0.939. The Morgan fingerprint density at radius 3 is 1.33 bits per heavy atom. The Morgan fingerprint density at radius 2 is 0.886 bits per heavy atom. The van der Waals surface area contributed by atoms with Crippen LogP contribution in [0.4, 0.5) is 0 Å². The lowest BCUT2D eigenvalue weighted by molar-refractivity contribution is -0.127. The number of nitrogens with one attached hydrogen (secondary N) is 6. The summed E-state index contributed by atoms with van der Waals surface area (Å²) < 4.78 is 59.0. The summed E-state index contributed by atoms with van der Waals surface area (Å²) in [6, 6.07) is 13.0. The van der Waals surface area contributed by atoms with Gasteiger partial charge in [-0.05, 0) is 169 Å². The number of rotatable bonds is 58. The highest BCUT2D eigenvalue weighted by Crippen LogP contribution is 2.23. The van der Waals surface area contributed by atoms with Gasteiger partial charge in [0.1, 0.15) is 63.5 Å². The largest absolute Gasteiger partial charge is 0.499 e. The van der Waals surface area contributed by atoms with E-state index in [0.717, 1.165) is 51.6 Å². The van der Waals surface area contributed by atoms with Crippen molar-refractivity contribution in [1.29, 1.82) is 0 Å². The Labute approximate surface area is 731 Å². The van der Waals surface area contributed by atoms with Gasteiger partial charge in [-0.1, -0.05) is 118 Å². The van der Waals surface area contributed by atoms with Gasteiger partial charge in [-0.3, -0.25) is 43.2 Å². The van der Waals surface area contributed by atoms with Crippen molar-refractivity contribution in [2.45, 2.75) is 220 Å². The molecule has 0 aliphatic rings. The number of nitrogens with two attached hydrogens (primary N) is 1. The zero-order chi connectivity index (χ0) is 92.9. The van der Waals surface area contributed by atoms with Crippen LogP contribution < -0.4 is 47.1 Å². The summed E-state index contributed by atoms with van der Waals surface area (Å²) in [4.78, 5) is 111. The van der Waals surface area contributed by atoms with Gasteiger partial charge in [0, 0.05) is 99.5 Å². The van der Waals surface area contributed by atoms with Crippen LogP contribution in [-0.2, 0) is 76.2 Å². The second kappa shape index (κ2) is 68.7. The molecule has 0 heterocycles. The quantitative estimate of drug-likeness (QED) is 0.00473. The molecule has 690 valence electrons. The van der Waals surface area contributed by atoms with E-state index in [9.17, 15) is 43.2 Å². The maximum atomic E-state index is 12.7. The molecule has 2 rings (SSSR count). The summed E-state index contributed by atoms with van der Waals surface area (Å²) in [5, 5.41) is 24.0. The van der Waals surface area contributed by atoms with Crippen molar-refractivity contribution in [1.82, 2.24) is 31.9 Å². The van der Waals surface area contributed by atoms with Gasteiger partial charge in [0.25, 0.3) is 0 Å². The van der Waals surface area contributed by atoms with E-state index in [4.69, 9.17) is 68.9 Å². The maximum absolute atomic E-state index is 12.7. The molecular weight excluding hydrogens is 1580 g/mol. The van der Waals surface area contributed by atoms with Crippen LogP contribution in [0, 0.1) is 62.6 Å². The molecule has 6 amide bonds. The van der Waals surface area contributed by atoms with Crippen molar-refractivity contribution >= 4 is 52.8 Å². The summed E-state index contributed by atoms with van der Waals surface area (Å²) in [6.07, 6.45) is 8.75. The standard InChI is InChI=1S/C35H53N5O7.C25H44N2O7.C20H27N5O5.C10H21NO/c1-34(2,3)19-13-21-38-32(44)25-45-22-23-46-33(39-40-36)26-47-28-15-11-14-27(24-28)29(41)16-12-20-37-31(43)18-10-8-7-9-17-30(42)35(4,5)6;1-24(2,3)9-7-10-26-23(29)21-34-19-16-30-12-8-22(28)20-33-18-17-32-15-14-31-13-11-27-25(4,5)6;1-20(2,3)8-5-9-23-17(26)13-28-10-11-29-18(24-25-22)14-30-16-7-4-6-15(12-16)19(21)27;1-5-11-9(12)7-6-8-10(2,3)4/h11,14-15,24,33H,7-10,12,16-18,20-23,25-26H2,1-6H3,(H,37,43)(H,38,44);8,12,27H,10-11,13-21H2,1-6H3,(H,26,29);4,6-7,12,18H,9-11,13-14H2,1-3H3,(H2,21,27)(H,23,26);5-8H2,1-4H3,(H,11,12)/b;12-8+;;. The first-order valence-electron chi connectivity index (χ1n) is 41.9. The number of azide groups is 2. The van der Waals surface area contributed by atoms with Crippen LogP contribution in [0.1, 0.15) is 223 Å². The lowest BCUT2D eigenvalue weighted by Crippen LogP contribution is -2.38. The number of primary amides is 1. The van der Waals surface area contributed by atoms with Crippen molar-refractivity contribution in [3.63, 3.8) is 0 Å². The van der Waals surface area contributed by atoms with Crippen LogP contribution in [0.15, 0.2) is 71.1 Å². The molecule has 2 unspecified atom stereocenters. The third-order valence-electron chi connectivity index (χ3n) is 15.3. The molecule has 0 radical (unpaired) electrons. The minimum absolute atomic E-state index is 0.0372. The highest BCUT2D eigenvalue weighted by molar-refractivity contribution is 5.96. The van der Waals surface area contributed by atoms with Crippen molar-refractivity contribution in [3.05, 3.63) is 92.9 Å². The number of carbonyl (C=O) groups excluding carboxylic acids is 9. The SMILES string of the molecule is CC(C)(C)C#CCNC(=O)COCCO/C=C/C(=O)COCCOCCOCCNC(C)(C)C.CC(C)(C)C#CCNC(=O)COCCOC(COc1cccc(C(=O)CCCNC(=O)CCCCCCC(=O)C(C)(C)C)c1)N=[N+]=[N-].CC(C)(C)C#CCNC(=O)COCCOC(COc1cccc(C(N)=O)c1)N=[N+]=[N-].CCNC(=O)CCCC(C)(C)C. The van der Waals surface area contributed by atoms with Gasteiger partial charge in [0.05, 0.1) is 92.0 Å². The highest BCUT2D eigenvalue weighted by atomic mass is 16.6. The van der Waals surface area contributed by atoms with Crippen molar-refractivity contribution < 1.29 is 95.3 Å². The molecule has 2 aromatic carbocycles. The lowest BCUT2D eigenvalue weighted by atomic mass is 9.88. The molecule has 33 nitrogen and oxygen atoms in total. The molecule has 123 heavy (non-hydrogen) atoms. The van der Waals surface area contributed by atoms with Crippen LogP contribution in [0.2, 0.25) is 0 Å². The van der Waals surface area contributed by atoms with Gasteiger partial charge in [-0.25, -0.2) is 0 Å². The van der Waals surface area contributed by atoms with Crippen LogP contribution in [0.25, 0.3) is 20.9 Å². The lowest BCUT2D eigenvalue weighted by Gasteiger charge is -2.20. The van der Waals surface area contributed by atoms with E-state index in [0.29, 0.717) is 99.8 Å². The Morgan fingerprint density at radius 1 is 0.463 bits per heavy atom. The van der Waals surface area contributed by atoms with Gasteiger partial charge < -0.3 is 89.7 Å². The fourth-order valence-electron chi connectivity index (χ4n) is 9.20. The van der Waals surface area contributed by atoms with E-state index in [2.05, 4.69) is 129 Å². The van der Waals surface area contributed by atoms with E-state index >= 15 is 0 Å². The molecule has 0 fully saturated rings. The first-order valence-corrected chi connectivity index (χ1v) is 41.9. The highest BCUT2D eigenvalue weighted by Gasteiger charge is 2.21. The molecule has 0 aromatic heterocycles. The molecule has 2 atom stereocenters. The summed E-state index contributed by atoms with van der Waals surface area (Å²) in [7, 11) is 0. The van der Waals surface area contributed by atoms with E-state index in [1.807, 2.05) is 90.0 Å². The number of nitrogens with zero attached hydrogens (tertiary/aromatic N) is 6. The molecule has 0 aliphatic carbocycles. The van der Waals surface area contributed by atoms with E-state index in [1.165, 1.54) is 18.4 Å². The average Bonchev–Trinajstić information content (AvgIpc) is 0.883. The zero-order valence-corrected chi connectivity index (χ0v) is 76.9. The predicted molar refractivity (Wildman–Crippen MR) is 474 cm³/mol. The Kier molecular flexibility index (Phi) is 64.5. The molecule has 8 N–H and O–H groups in total. The van der Waals surface area contributed by atoms with Gasteiger partial charge in [0.2, 0.25) is 35.4 Å². The monoisotopic (exact) mass is 1730 g/mol. The number of ether oxygens (including phenoxy) is 11. The topological polar surface area (TPSA) is 451 Å². The van der Waals surface area contributed by atoms with Gasteiger partial charge >= 0.3 is 0 Å². The van der Waals surface area contributed by atoms with E-state index in [1.54, 1.807) is 42.5 Å². The number of hydrogen-bond donors (Lipinski definition) is 7. The number of ketones is 3. The van der Waals surface area contributed by atoms with Crippen LogP contribution >= 0.6 is 0 Å². The third kappa shape index (κ3) is 79.3. The average molecular weight is 1730 g/mol. The third-order valence-corrected chi connectivity index (χ3v) is 15.3. The van der Waals surface area contributed by atoms with Crippen molar-refractivity contribution in [2.24, 2.45) is 43.0 Å². The minimum Gasteiger partial charge on any atom is -0.499 e. The molecular formula is C90H145N13O20. The number of hydrogen-bond acceptors (Lipinski definition) is 23. The van der Waals surface area contributed by atoms with Crippen LogP contribution in [0.5, 0.6) is 11.5 Å². The summed E-state index contributed by atoms with van der Waals surface area (Å²) >= 11 is 0. The number of amides is 6. The maximum Gasteiger partial charge on any atom is 0.248 e. The number of unbranched alkanes of at least 4 members (excludes halogenated alkanes) is 3. The molecule has 0 spiro atoms. The smallest absolute Gasteiger partial charge is 0.248 e. The Hall–Kier alpha value is -9.65. The summed E-state index contributed by atoms with van der Waals surface area (Å²) in [6.45, 7) is 43.9.